The van der Waals surface area contributed by atoms with Crippen LogP contribution < -0.4 is 4.90 Å². The van der Waals surface area contributed by atoms with Crippen molar-refractivity contribution in [2.75, 3.05) is 18.0 Å². The minimum atomic E-state index is -1.22. The van der Waals surface area contributed by atoms with E-state index in [0.29, 0.717) is 34.5 Å². The van der Waals surface area contributed by atoms with Crippen molar-refractivity contribution >= 4 is 22.4 Å². The number of nitrogens with zero attached hydrogens (tertiary/aromatic N) is 1. The molecule has 1 aliphatic rings. The summed E-state index contributed by atoms with van der Waals surface area (Å²) >= 11 is 0. The van der Waals surface area contributed by atoms with Gasteiger partial charge in [-0.2, -0.15) is 0 Å². The minimum absolute atomic E-state index is 0.136. The molecule has 170 valence electrons. The maximum Gasteiger partial charge on any atom is 0.229 e. The molecular formula is C28H35NO3. The smallest absolute Gasteiger partial charge is 0.229 e. The lowest BCUT2D eigenvalue weighted by atomic mass is 9.73. The summed E-state index contributed by atoms with van der Waals surface area (Å²) in [6, 6.07) is 13.6. The van der Waals surface area contributed by atoms with Crippen LogP contribution in [0.15, 0.2) is 46.9 Å². The molecule has 0 radical (unpaired) electrons. The van der Waals surface area contributed by atoms with Gasteiger partial charge in [0.15, 0.2) is 5.76 Å². The largest absolute Gasteiger partial charge is 0.452 e. The van der Waals surface area contributed by atoms with Gasteiger partial charge in [-0.3, -0.25) is 4.79 Å². The Kier molecular flexibility index (Phi) is 6.71. The Hall–Kier alpha value is -2.59. The summed E-state index contributed by atoms with van der Waals surface area (Å²) in [6.07, 6.45) is 6.98. The van der Waals surface area contributed by atoms with E-state index in [4.69, 9.17) is 4.42 Å². The molecule has 0 saturated carbocycles. The van der Waals surface area contributed by atoms with Gasteiger partial charge in [-0.1, -0.05) is 70.7 Å². The number of carbonyl (C=O) groups is 1. The number of unbranched alkanes of at least 4 members (excludes halogenated alkanes) is 3. The van der Waals surface area contributed by atoms with Crippen molar-refractivity contribution in [2.45, 2.75) is 71.3 Å². The van der Waals surface area contributed by atoms with Crippen LogP contribution in [0.1, 0.15) is 93.0 Å². The van der Waals surface area contributed by atoms with Gasteiger partial charge in [0.2, 0.25) is 5.78 Å². The second kappa shape index (κ2) is 9.50. The Morgan fingerprint density at radius 1 is 0.938 bits per heavy atom. The molecule has 4 rings (SSSR count). The van der Waals surface area contributed by atoms with Gasteiger partial charge in [0.25, 0.3) is 0 Å². The highest BCUT2D eigenvalue weighted by atomic mass is 16.4. The second-order valence-electron chi connectivity index (χ2n) is 9.02. The zero-order chi connectivity index (χ0) is 22.7. The van der Waals surface area contributed by atoms with Crippen molar-refractivity contribution < 1.29 is 14.3 Å². The number of benzene rings is 2. The van der Waals surface area contributed by atoms with E-state index < -0.39 is 5.60 Å². The molecule has 4 heteroatoms. The summed E-state index contributed by atoms with van der Waals surface area (Å²) in [5.41, 5.74) is 2.47. The van der Waals surface area contributed by atoms with Gasteiger partial charge in [0.05, 0.1) is 0 Å². The quantitative estimate of drug-likeness (QED) is 0.381. The maximum absolute atomic E-state index is 13.3. The molecule has 4 nitrogen and oxygen atoms in total. The first-order valence-electron chi connectivity index (χ1n) is 12.2. The predicted molar refractivity (Wildman–Crippen MR) is 131 cm³/mol. The van der Waals surface area contributed by atoms with Gasteiger partial charge >= 0.3 is 0 Å². The molecule has 2 aromatic carbocycles. The molecule has 0 amide bonds. The summed E-state index contributed by atoms with van der Waals surface area (Å²) in [6.45, 7) is 8.55. The van der Waals surface area contributed by atoms with Crippen molar-refractivity contribution in [3.05, 3.63) is 64.9 Å². The fourth-order valence-electron chi connectivity index (χ4n) is 4.91. The molecule has 1 aromatic heterocycles. The molecule has 32 heavy (non-hydrogen) atoms. The van der Waals surface area contributed by atoms with Crippen LogP contribution in [0.25, 0.3) is 11.0 Å². The van der Waals surface area contributed by atoms with Crippen LogP contribution in [0, 0.1) is 0 Å². The molecule has 1 N–H and O–H groups in total. The van der Waals surface area contributed by atoms with Crippen LogP contribution in [-0.2, 0) is 5.60 Å². The van der Waals surface area contributed by atoms with E-state index in [1.807, 2.05) is 24.3 Å². The molecular weight excluding hydrogens is 398 g/mol. The lowest BCUT2D eigenvalue weighted by Crippen LogP contribution is -2.35. The number of aliphatic hydroxyl groups is 1. The van der Waals surface area contributed by atoms with Crippen molar-refractivity contribution in [1.82, 2.24) is 0 Å². The molecule has 3 aromatic rings. The first-order valence-corrected chi connectivity index (χ1v) is 12.2. The Balaban J connectivity index is 1.84. The molecule has 1 atom stereocenters. The van der Waals surface area contributed by atoms with Crippen LogP contribution in [0.5, 0.6) is 0 Å². The Morgan fingerprint density at radius 3 is 2.31 bits per heavy atom. The number of ketones is 1. The summed E-state index contributed by atoms with van der Waals surface area (Å²) < 4.78 is 6.20. The van der Waals surface area contributed by atoms with Crippen LogP contribution in [0.2, 0.25) is 0 Å². The second-order valence-corrected chi connectivity index (χ2v) is 9.02. The van der Waals surface area contributed by atoms with Gasteiger partial charge in [-0.25, -0.2) is 0 Å². The van der Waals surface area contributed by atoms with Gasteiger partial charge in [-0.15, -0.1) is 0 Å². The zero-order valence-electron chi connectivity index (χ0n) is 19.6. The predicted octanol–water partition coefficient (Wildman–Crippen LogP) is 6.81. The molecule has 1 heterocycles. The molecule has 1 unspecified atom stereocenters. The van der Waals surface area contributed by atoms with E-state index in [1.54, 1.807) is 6.07 Å². The zero-order valence-corrected chi connectivity index (χ0v) is 19.6. The summed E-state index contributed by atoms with van der Waals surface area (Å²) in [4.78, 5) is 15.7. The van der Waals surface area contributed by atoms with E-state index in [2.05, 4.69) is 37.8 Å². The fraction of sp³-hybridized carbons (Fsp3) is 0.464. The van der Waals surface area contributed by atoms with Gasteiger partial charge in [0.1, 0.15) is 11.2 Å². The highest BCUT2D eigenvalue weighted by Crippen LogP contribution is 2.47. The third kappa shape index (κ3) is 3.86. The van der Waals surface area contributed by atoms with Crippen LogP contribution in [-0.4, -0.2) is 24.0 Å². The molecule has 0 aliphatic heterocycles. The third-order valence-electron chi connectivity index (χ3n) is 6.73. The number of carbonyl (C=O) groups excluding carboxylic acids is 1. The first-order chi connectivity index (χ1) is 15.5. The van der Waals surface area contributed by atoms with Crippen LogP contribution in [0.4, 0.5) is 5.69 Å². The standard InChI is InChI=1S/C28H35NO3/c1-4-7-16-28(31)23-13-11-10-12-21(23)26(30)27-25(28)22-15-14-20(19-24(22)32-27)29(17-8-5-2)18-9-6-3/h10-15,19,31H,4-9,16-18H2,1-3H3. The van der Waals surface area contributed by atoms with Crippen molar-refractivity contribution in [3.63, 3.8) is 0 Å². The molecule has 0 fully saturated rings. The highest BCUT2D eigenvalue weighted by molar-refractivity contribution is 6.14. The van der Waals surface area contributed by atoms with Crippen molar-refractivity contribution in [2.24, 2.45) is 0 Å². The number of fused-ring (bicyclic) bond motifs is 4. The lowest BCUT2D eigenvalue weighted by molar-refractivity contribution is 0.0608. The summed E-state index contributed by atoms with van der Waals surface area (Å²) in [5, 5.41) is 12.8. The average Bonchev–Trinajstić information content (AvgIpc) is 3.21. The van der Waals surface area contributed by atoms with Gasteiger partial charge in [-0.05, 0) is 37.0 Å². The third-order valence-corrected chi connectivity index (χ3v) is 6.73. The molecule has 0 bridgehead atoms. The molecule has 0 saturated heterocycles. The lowest BCUT2D eigenvalue weighted by Gasteiger charge is -2.33. The monoisotopic (exact) mass is 433 g/mol. The Morgan fingerprint density at radius 2 is 1.62 bits per heavy atom. The summed E-state index contributed by atoms with van der Waals surface area (Å²) in [7, 11) is 0. The van der Waals surface area contributed by atoms with E-state index >= 15 is 0 Å². The number of rotatable bonds is 10. The Bertz CT molecular complexity index is 1090. The number of anilines is 1. The molecule has 1 aliphatic carbocycles. The normalized spacial score (nSPS) is 17.4. The summed E-state index contributed by atoms with van der Waals surface area (Å²) in [5.74, 6) is 0.159. The van der Waals surface area contributed by atoms with Gasteiger partial charge < -0.3 is 14.4 Å². The number of furan rings is 1. The van der Waals surface area contributed by atoms with Crippen molar-refractivity contribution in [3.8, 4) is 0 Å². The van der Waals surface area contributed by atoms with E-state index in [1.165, 1.54) is 0 Å². The fourth-order valence-corrected chi connectivity index (χ4v) is 4.91. The highest BCUT2D eigenvalue weighted by Gasteiger charge is 2.45. The van der Waals surface area contributed by atoms with E-state index in [-0.39, 0.29) is 5.78 Å². The van der Waals surface area contributed by atoms with Gasteiger partial charge in [0, 0.05) is 41.4 Å². The maximum atomic E-state index is 13.3. The topological polar surface area (TPSA) is 53.7 Å². The van der Waals surface area contributed by atoms with Crippen molar-refractivity contribution in [1.29, 1.82) is 0 Å². The number of hydrogen-bond acceptors (Lipinski definition) is 4. The SMILES string of the molecule is CCCCN(CCCC)c1ccc2c3c(oc2c1)C(=O)c1ccccc1C3(O)CCCC. The number of hydrogen-bond donors (Lipinski definition) is 1. The first kappa shape index (κ1) is 22.6. The average molecular weight is 434 g/mol. The van der Waals surface area contributed by atoms with Crippen LogP contribution in [0.3, 0.4) is 0 Å². The van der Waals surface area contributed by atoms with E-state index in [9.17, 15) is 9.90 Å². The van der Waals surface area contributed by atoms with Crippen LogP contribution >= 0.6 is 0 Å². The Labute approximate surface area is 191 Å². The minimum Gasteiger partial charge on any atom is -0.452 e. The molecule has 0 spiro atoms. The van der Waals surface area contributed by atoms with E-state index in [0.717, 1.165) is 62.7 Å².